The molecule has 0 bridgehead atoms. The van der Waals surface area contributed by atoms with Gasteiger partial charge in [-0.2, -0.15) is 0 Å². The van der Waals surface area contributed by atoms with Crippen molar-refractivity contribution in [2.75, 3.05) is 13.2 Å². The van der Waals surface area contributed by atoms with Crippen LogP contribution in [0.5, 0.6) is 0 Å². The second-order valence-electron chi connectivity index (χ2n) is 2.22. The minimum Gasteiger partial charge on any atom is -0.448 e. The minimum absolute atomic E-state index is 0.116. The van der Waals surface area contributed by atoms with E-state index in [-0.39, 0.29) is 12.6 Å². The van der Waals surface area contributed by atoms with Gasteiger partial charge in [0, 0.05) is 12.6 Å². The molecule has 0 atom stereocenters. The van der Waals surface area contributed by atoms with Gasteiger partial charge in [-0.3, -0.25) is 0 Å². The van der Waals surface area contributed by atoms with Crippen LogP contribution in [0, 0.1) is 0 Å². The molecule has 0 aliphatic carbocycles. The van der Waals surface area contributed by atoms with Gasteiger partial charge in [0.1, 0.15) is 6.61 Å². The standard InChI is InChI=1S/C6H14N2O2/c1-5(2)8-6(9)10-4-3-7/h5H,3-4,7H2,1-2H3,(H,8,9). The molecule has 0 radical (unpaired) electrons. The zero-order valence-electron chi connectivity index (χ0n) is 6.39. The molecule has 0 heterocycles. The van der Waals surface area contributed by atoms with Crippen molar-refractivity contribution < 1.29 is 9.53 Å². The normalized spacial score (nSPS) is 9.60. The van der Waals surface area contributed by atoms with E-state index in [1.54, 1.807) is 0 Å². The van der Waals surface area contributed by atoms with Gasteiger partial charge in [-0.1, -0.05) is 0 Å². The van der Waals surface area contributed by atoms with Crippen LogP contribution in [0.3, 0.4) is 0 Å². The highest BCUT2D eigenvalue weighted by Crippen LogP contribution is 1.80. The Morgan fingerprint density at radius 3 is 2.70 bits per heavy atom. The van der Waals surface area contributed by atoms with Crippen molar-refractivity contribution in [3.8, 4) is 0 Å². The van der Waals surface area contributed by atoms with Crippen LogP contribution in [0.4, 0.5) is 4.79 Å². The van der Waals surface area contributed by atoms with Crippen molar-refractivity contribution in [3.05, 3.63) is 0 Å². The van der Waals surface area contributed by atoms with Crippen LogP contribution >= 0.6 is 0 Å². The largest absolute Gasteiger partial charge is 0.448 e. The van der Waals surface area contributed by atoms with Crippen LogP contribution < -0.4 is 11.1 Å². The molecule has 0 unspecified atom stereocenters. The summed E-state index contributed by atoms with van der Waals surface area (Å²) in [6, 6.07) is 0.116. The molecule has 0 fully saturated rings. The number of carbonyl (C=O) groups is 1. The van der Waals surface area contributed by atoms with Crippen LogP contribution in [0.25, 0.3) is 0 Å². The van der Waals surface area contributed by atoms with Crippen LogP contribution in [-0.2, 0) is 4.74 Å². The van der Waals surface area contributed by atoms with E-state index in [1.807, 2.05) is 13.8 Å². The predicted octanol–water partition coefficient (Wildman–Crippen LogP) is 0.0797. The molecule has 10 heavy (non-hydrogen) atoms. The van der Waals surface area contributed by atoms with Gasteiger partial charge in [0.25, 0.3) is 0 Å². The van der Waals surface area contributed by atoms with Crippen molar-refractivity contribution in [2.45, 2.75) is 19.9 Å². The van der Waals surface area contributed by atoms with Gasteiger partial charge in [0.05, 0.1) is 0 Å². The molecule has 0 saturated heterocycles. The fourth-order valence-corrected chi connectivity index (χ4v) is 0.429. The molecule has 60 valence electrons. The smallest absolute Gasteiger partial charge is 0.407 e. The number of rotatable bonds is 3. The predicted molar refractivity (Wildman–Crippen MR) is 38.7 cm³/mol. The Balaban J connectivity index is 3.26. The number of hydrogen-bond acceptors (Lipinski definition) is 3. The summed E-state index contributed by atoms with van der Waals surface area (Å²) >= 11 is 0. The molecule has 0 aliphatic heterocycles. The first-order chi connectivity index (χ1) is 4.66. The number of amides is 1. The highest BCUT2D eigenvalue weighted by Gasteiger charge is 2.00. The summed E-state index contributed by atoms with van der Waals surface area (Å²) < 4.78 is 4.63. The van der Waals surface area contributed by atoms with E-state index in [0.29, 0.717) is 6.54 Å². The zero-order valence-corrected chi connectivity index (χ0v) is 6.39. The van der Waals surface area contributed by atoms with Crippen molar-refractivity contribution in [3.63, 3.8) is 0 Å². The lowest BCUT2D eigenvalue weighted by Gasteiger charge is -2.07. The number of hydrogen-bond donors (Lipinski definition) is 2. The average molecular weight is 146 g/mol. The quantitative estimate of drug-likeness (QED) is 0.592. The maximum absolute atomic E-state index is 10.6. The highest BCUT2D eigenvalue weighted by molar-refractivity contribution is 5.67. The van der Waals surface area contributed by atoms with Gasteiger partial charge in [-0.15, -0.1) is 0 Å². The Kier molecular flexibility index (Phi) is 4.66. The lowest BCUT2D eigenvalue weighted by Crippen LogP contribution is -2.31. The van der Waals surface area contributed by atoms with Gasteiger partial charge in [0.2, 0.25) is 0 Å². The first-order valence-corrected chi connectivity index (χ1v) is 3.30. The Hall–Kier alpha value is -0.770. The lowest BCUT2D eigenvalue weighted by molar-refractivity contribution is 0.147. The zero-order chi connectivity index (χ0) is 7.98. The number of alkyl carbamates (subject to hydrolysis) is 1. The van der Waals surface area contributed by atoms with Crippen molar-refractivity contribution in [2.24, 2.45) is 5.73 Å². The molecule has 0 saturated carbocycles. The Labute approximate surface area is 60.7 Å². The van der Waals surface area contributed by atoms with E-state index >= 15 is 0 Å². The first kappa shape index (κ1) is 9.23. The number of ether oxygens (including phenoxy) is 1. The van der Waals surface area contributed by atoms with E-state index in [1.165, 1.54) is 0 Å². The summed E-state index contributed by atoms with van der Waals surface area (Å²) in [6.45, 7) is 4.37. The summed E-state index contributed by atoms with van der Waals surface area (Å²) in [5, 5.41) is 2.56. The van der Waals surface area contributed by atoms with Gasteiger partial charge >= 0.3 is 6.09 Å². The van der Waals surface area contributed by atoms with Crippen LogP contribution in [0.2, 0.25) is 0 Å². The molecular formula is C6H14N2O2. The van der Waals surface area contributed by atoms with Crippen LogP contribution in [0.1, 0.15) is 13.8 Å². The molecule has 0 spiro atoms. The summed E-state index contributed by atoms with van der Waals surface area (Å²) in [6.07, 6.45) is -0.402. The van der Waals surface area contributed by atoms with Gasteiger partial charge < -0.3 is 15.8 Å². The molecule has 3 N–H and O–H groups in total. The maximum Gasteiger partial charge on any atom is 0.407 e. The molecular weight excluding hydrogens is 132 g/mol. The third kappa shape index (κ3) is 5.37. The summed E-state index contributed by atoms with van der Waals surface area (Å²) in [4.78, 5) is 10.6. The Bertz CT molecular complexity index is 104. The lowest BCUT2D eigenvalue weighted by atomic mass is 10.4. The van der Waals surface area contributed by atoms with Crippen LogP contribution in [0.15, 0.2) is 0 Å². The van der Waals surface area contributed by atoms with Gasteiger partial charge in [-0.05, 0) is 13.8 Å². The third-order valence-corrected chi connectivity index (χ3v) is 0.758. The minimum atomic E-state index is -0.402. The van der Waals surface area contributed by atoms with Crippen molar-refractivity contribution in [1.82, 2.24) is 5.32 Å². The van der Waals surface area contributed by atoms with E-state index in [2.05, 4.69) is 10.1 Å². The van der Waals surface area contributed by atoms with E-state index < -0.39 is 6.09 Å². The summed E-state index contributed by atoms with van der Waals surface area (Å²) in [5.74, 6) is 0. The Morgan fingerprint density at radius 1 is 1.70 bits per heavy atom. The second-order valence-corrected chi connectivity index (χ2v) is 2.22. The number of nitrogens with two attached hydrogens (primary N) is 1. The number of carbonyl (C=O) groups excluding carboxylic acids is 1. The highest BCUT2D eigenvalue weighted by atomic mass is 16.5. The van der Waals surface area contributed by atoms with Crippen LogP contribution in [-0.4, -0.2) is 25.3 Å². The second kappa shape index (κ2) is 5.05. The molecule has 0 aromatic rings. The maximum atomic E-state index is 10.6. The van der Waals surface area contributed by atoms with Crippen molar-refractivity contribution in [1.29, 1.82) is 0 Å². The molecule has 4 nitrogen and oxygen atoms in total. The molecule has 0 aromatic heterocycles. The Morgan fingerprint density at radius 2 is 2.30 bits per heavy atom. The molecule has 4 heteroatoms. The summed E-state index contributed by atoms with van der Waals surface area (Å²) in [7, 11) is 0. The SMILES string of the molecule is CC(C)NC(=O)OCCN. The topological polar surface area (TPSA) is 64.3 Å². The third-order valence-electron chi connectivity index (χ3n) is 0.758. The summed E-state index contributed by atoms with van der Waals surface area (Å²) in [5.41, 5.74) is 5.10. The molecule has 0 rings (SSSR count). The van der Waals surface area contributed by atoms with Crippen molar-refractivity contribution >= 4 is 6.09 Å². The first-order valence-electron chi connectivity index (χ1n) is 3.30. The van der Waals surface area contributed by atoms with E-state index in [0.717, 1.165) is 0 Å². The van der Waals surface area contributed by atoms with Gasteiger partial charge in [-0.25, -0.2) is 4.79 Å². The fraction of sp³-hybridized carbons (Fsp3) is 0.833. The average Bonchev–Trinajstić information content (AvgIpc) is 1.82. The molecule has 1 amide bonds. The molecule has 0 aliphatic rings. The number of nitrogens with one attached hydrogen (secondary N) is 1. The monoisotopic (exact) mass is 146 g/mol. The fourth-order valence-electron chi connectivity index (χ4n) is 0.429. The van der Waals surface area contributed by atoms with E-state index in [4.69, 9.17) is 5.73 Å². The van der Waals surface area contributed by atoms with Gasteiger partial charge in [0.15, 0.2) is 0 Å². The molecule has 0 aromatic carbocycles. The van der Waals surface area contributed by atoms with E-state index in [9.17, 15) is 4.79 Å².